The smallest absolute Gasteiger partial charge is 0.0543 e. The molecule has 78 valence electrons. The lowest BCUT2D eigenvalue weighted by Gasteiger charge is -2.09. The standard InChI is InChI=1S/C13H20O/c1-2-3-9-13(14)11-10-12-7-5-4-6-8-12/h4-8,13-14H,2-3,9-11H2,1H3/i14-1. The highest BCUT2D eigenvalue weighted by molar-refractivity contribution is 5.14. The third kappa shape index (κ3) is 4.43. The predicted molar refractivity (Wildman–Crippen MR) is 60.3 cm³/mol. The van der Waals surface area contributed by atoms with Gasteiger partial charge in [-0.25, -0.2) is 0 Å². The van der Waals surface area contributed by atoms with Gasteiger partial charge >= 0.3 is 0 Å². The first kappa shape index (κ1) is 11.3. The number of hydrogen-bond acceptors (Lipinski definition) is 1. The zero-order valence-corrected chi connectivity index (χ0v) is 8.95. The van der Waals surface area contributed by atoms with Crippen LogP contribution in [0.5, 0.6) is 0 Å². The number of aliphatic hydroxyl groups excluding tert-OH is 1. The third-order valence-electron chi connectivity index (χ3n) is 2.50. The van der Waals surface area contributed by atoms with Gasteiger partial charge in [0.15, 0.2) is 0 Å². The van der Waals surface area contributed by atoms with Crippen LogP contribution in [0.25, 0.3) is 0 Å². The monoisotopic (exact) mass is 191 g/mol. The molecule has 0 saturated carbocycles. The minimum atomic E-state index is -0.116. The lowest BCUT2D eigenvalue weighted by Crippen LogP contribution is -2.07. The minimum absolute atomic E-state index is 0.116. The van der Waals surface area contributed by atoms with Crippen LogP contribution in [0.3, 0.4) is 0 Å². The van der Waals surface area contributed by atoms with Crippen molar-refractivity contribution in [3.8, 4) is 0 Å². The second kappa shape index (κ2) is 6.61. The van der Waals surface area contributed by atoms with E-state index in [2.05, 4.69) is 19.1 Å². The van der Waals surface area contributed by atoms with Gasteiger partial charge < -0.3 is 5.11 Å². The number of rotatable bonds is 6. The number of benzene rings is 1. The summed E-state index contributed by atoms with van der Waals surface area (Å²) in [5.41, 5.74) is 1.32. The van der Waals surface area contributed by atoms with Crippen molar-refractivity contribution in [1.82, 2.24) is 0 Å². The van der Waals surface area contributed by atoms with Crippen molar-refractivity contribution in [1.29, 1.82) is 0 Å². The summed E-state index contributed by atoms with van der Waals surface area (Å²) in [6.45, 7) is 2.16. The Kier molecular flexibility index (Phi) is 5.31. The molecule has 1 N–H and O–H groups in total. The molecule has 1 rings (SSSR count). The van der Waals surface area contributed by atoms with Gasteiger partial charge in [0.05, 0.1) is 6.10 Å². The summed E-state index contributed by atoms with van der Waals surface area (Å²) in [7, 11) is 0. The van der Waals surface area contributed by atoms with Crippen LogP contribution < -0.4 is 0 Å². The van der Waals surface area contributed by atoms with E-state index < -0.39 is 0 Å². The first-order chi connectivity index (χ1) is 6.83. The molecule has 0 radical (unpaired) electrons. The Bertz CT molecular complexity index is 230. The Hall–Kier alpha value is -0.820. The molecular formula is C13H20O. The molecule has 1 atom stereocenters. The lowest BCUT2D eigenvalue weighted by atomic mass is 10.0. The average molecular weight is 191 g/mol. The van der Waals surface area contributed by atoms with Crippen LogP contribution in [0, 0.1) is 0 Å². The van der Waals surface area contributed by atoms with E-state index in [4.69, 9.17) is 0 Å². The van der Waals surface area contributed by atoms with E-state index in [-0.39, 0.29) is 6.10 Å². The molecule has 14 heavy (non-hydrogen) atoms. The molecule has 0 heterocycles. The van der Waals surface area contributed by atoms with Gasteiger partial charge in [0.2, 0.25) is 0 Å². The first-order valence-electron chi connectivity index (χ1n) is 5.55. The average Bonchev–Trinajstić information content (AvgIpc) is 2.25. The zero-order valence-electron chi connectivity index (χ0n) is 8.95. The predicted octanol–water partition coefficient (Wildman–Crippen LogP) is 3.17. The van der Waals surface area contributed by atoms with Gasteiger partial charge in [-0.1, -0.05) is 50.1 Å². The van der Waals surface area contributed by atoms with Gasteiger partial charge in [-0.05, 0) is 24.8 Å². The van der Waals surface area contributed by atoms with Crippen molar-refractivity contribution >= 4 is 0 Å². The van der Waals surface area contributed by atoms with Gasteiger partial charge in [0, 0.05) is 0 Å². The normalized spacial score (nSPS) is 12.7. The van der Waals surface area contributed by atoms with Crippen molar-refractivity contribution in [2.24, 2.45) is 0 Å². The fourth-order valence-corrected chi connectivity index (χ4v) is 1.56. The molecule has 0 bridgehead atoms. The Labute approximate surface area is 86.8 Å². The van der Waals surface area contributed by atoms with Crippen LogP contribution in [-0.2, 0) is 6.42 Å². The molecule has 0 fully saturated rings. The van der Waals surface area contributed by atoms with Gasteiger partial charge in [0.25, 0.3) is 0 Å². The van der Waals surface area contributed by atoms with Gasteiger partial charge in [0.1, 0.15) is 0 Å². The Morgan fingerprint density at radius 2 is 1.86 bits per heavy atom. The largest absolute Gasteiger partial charge is 0.393 e. The molecule has 0 aliphatic carbocycles. The summed E-state index contributed by atoms with van der Waals surface area (Å²) in [4.78, 5) is 0. The van der Waals surface area contributed by atoms with E-state index in [9.17, 15) is 5.11 Å². The van der Waals surface area contributed by atoms with E-state index in [0.29, 0.717) is 0 Å². The lowest BCUT2D eigenvalue weighted by molar-refractivity contribution is 0.152. The summed E-state index contributed by atoms with van der Waals surface area (Å²) in [5.74, 6) is 0. The summed E-state index contributed by atoms with van der Waals surface area (Å²) in [6, 6.07) is 10.4. The number of unbranched alkanes of at least 4 members (excludes halogenated alkanes) is 1. The molecule has 1 nitrogen and oxygen atoms in total. The quantitative estimate of drug-likeness (QED) is 0.732. The molecule has 1 aromatic rings. The molecular weight excluding hydrogens is 171 g/mol. The Morgan fingerprint density at radius 1 is 1.14 bits per heavy atom. The van der Waals surface area contributed by atoms with Crippen LogP contribution in [-0.4, -0.2) is 11.2 Å². The SMILES string of the molecule is CCCCC([15OH])CCc1ccccc1. The van der Waals surface area contributed by atoms with E-state index in [1.807, 2.05) is 18.2 Å². The van der Waals surface area contributed by atoms with Crippen LogP contribution in [0.1, 0.15) is 38.2 Å². The van der Waals surface area contributed by atoms with Crippen LogP contribution in [0.4, 0.5) is 0 Å². The van der Waals surface area contributed by atoms with E-state index >= 15 is 0 Å². The first-order valence-corrected chi connectivity index (χ1v) is 5.55. The fourth-order valence-electron chi connectivity index (χ4n) is 1.56. The Balaban J connectivity index is 2.20. The van der Waals surface area contributed by atoms with Crippen molar-refractivity contribution in [2.45, 2.75) is 45.1 Å². The molecule has 1 aromatic carbocycles. The van der Waals surface area contributed by atoms with Gasteiger partial charge in [-0.2, -0.15) is 0 Å². The molecule has 0 aliphatic rings. The summed E-state index contributed by atoms with van der Waals surface area (Å²) in [5, 5.41) is 9.64. The molecule has 0 aromatic heterocycles. The van der Waals surface area contributed by atoms with E-state index in [1.54, 1.807) is 0 Å². The number of hydrogen-bond donors (Lipinski definition) is 1. The molecule has 1 heteroatoms. The highest BCUT2D eigenvalue weighted by Gasteiger charge is 2.03. The minimum Gasteiger partial charge on any atom is -0.393 e. The van der Waals surface area contributed by atoms with E-state index in [1.165, 1.54) is 12.0 Å². The molecule has 0 saturated heterocycles. The Morgan fingerprint density at radius 3 is 2.50 bits per heavy atom. The maximum absolute atomic E-state index is 9.64. The second-order valence-electron chi connectivity index (χ2n) is 3.82. The maximum atomic E-state index is 9.64. The second-order valence-corrected chi connectivity index (χ2v) is 3.82. The summed E-state index contributed by atoms with van der Waals surface area (Å²) >= 11 is 0. The fraction of sp³-hybridized carbons (Fsp3) is 0.538. The zero-order chi connectivity index (χ0) is 10.2. The van der Waals surface area contributed by atoms with E-state index in [0.717, 1.165) is 25.7 Å². The van der Waals surface area contributed by atoms with Gasteiger partial charge in [-0.3, -0.25) is 0 Å². The van der Waals surface area contributed by atoms with Crippen LogP contribution >= 0.6 is 0 Å². The topological polar surface area (TPSA) is 20.2 Å². The molecule has 1 unspecified atom stereocenters. The van der Waals surface area contributed by atoms with Crippen LogP contribution in [0.15, 0.2) is 30.3 Å². The maximum Gasteiger partial charge on any atom is 0.0543 e. The van der Waals surface area contributed by atoms with Crippen molar-refractivity contribution in [3.63, 3.8) is 0 Å². The summed E-state index contributed by atoms with van der Waals surface area (Å²) in [6.07, 6.45) is 5.02. The van der Waals surface area contributed by atoms with Crippen molar-refractivity contribution in [2.75, 3.05) is 0 Å². The van der Waals surface area contributed by atoms with Crippen LogP contribution in [0.2, 0.25) is 0 Å². The highest BCUT2D eigenvalue weighted by Crippen LogP contribution is 2.09. The van der Waals surface area contributed by atoms with Crippen molar-refractivity contribution in [3.05, 3.63) is 35.9 Å². The highest BCUT2D eigenvalue weighted by atomic mass is 15.4. The number of aryl methyl sites for hydroxylation is 1. The molecule has 0 aliphatic heterocycles. The van der Waals surface area contributed by atoms with Gasteiger partial charge in [-0.15, -0.1) is 0 Å². The number of aliphatic hydroxyl groups is 1. The molecule has 0 amide bonds. The molecule has 0 spiro atoms. The van der Waals surface area contributed by atoms with Crippen molar-refractivity contribution < 1.29 is 5.11 Å². The third-order valence-corrected chi connectivity index (χ3v) is 2.50. The summed E-state index contributed by atoms with van der Waals surface area (Å²) < 4.78 is 0.